The molecule has 0 aromatic carbocycles. The zero-order valence-corrected chi connectivity index (χ0v) is 63.9. The van der Waals surface area contributed by atoms with Crippen LogP contribution < -0.4 is 16.0 Å². The Morgan fingerprint density at radius 2 is 1.31 bits per heavy atom. The van der Waals surface area contributed by atoms with Gasteiger partial charge < -0.3 is 64.8 Å². The van der Waals surface area contributed by atoms with Crippen molar-refractivity contribution >= 4 is 70.9 Å². The Labute approximate surface area is 608 Å². The lowest BCUT2D eigenvalue weighted by Crippen LogP contribution is -2.68. The van der Waals surface area contributed by atoms with Crippen molar-refractivity contribution < 1.29 is 75.4 Å². The van der Waals surface area contributed by atoms with E-state index in [-0.39, 0.29) is 108 Å². The van der Waals surface area contributed by atoms with Gasteiger partial charge in [0.15, 0.2) is 0 Å². The van der Waals surface area contributed by atoms with Crippen LogP contribution in [0.1, 0.15) is 196 Å². The number of alkyl halides is 3. The Kier molecular flexibility index (Phi) is 29.9. The minimum atomic E-state index is -4.50. The van der Waals surface area contributed by atoms with Crippen LogP contribution in [0.3, 0.4) is 0 Å². The van der Waals surface area contributed by atoms with Crippen LogP contribution in [0.15, 0.2) is 12.2 Å². The largest absolute Gasteiger partial charge is 0.394 e. The van der Waals surface area contributed by atoms with Crippen LogP contribution in [0.2, 0.25) is 0 Å². The third kappa shape index (κ3) is 20.2. The van der Waals surface area contributed by atoms with E-state index in [0.717, 1.165) is 38.5 Å². The van der Waals surface area contributed by atoms with Gasteiger partial charge in [-0.25, -0.2) is 0 Å². The van der Waals surface area contributed by atoms with E-state index in [4.69, 9.17) is 4.74 Å². The molecule has 3 aliphatic heterocycles. The highest BCUT2D eigenvalue weighted by molar-refractivity contribution is 6.01. The number of nitrogens with zero attached hydrogens (tertiary/aromatic N) is 9. The molecule has 103 heavy (non-hydrogen) atoms. The summed E-state index contributed by atoms with van der Waals surface area (Å²) in [6.45, 7) is 10.4. The summed E-state index contributed by atoms with van der Waals surface area (Å²) in [7, 11) is 11.4. The average Bonchev–Trinajstić information content (AvgIpc) is 1.67. The van der Waals surface area contributed by atoms with Gasteiger partial charge in [-0.15, -0.1) is 0 Å². The van der Waals surface area contributed by atoms with Gasteiger partial charge in [-0.1, -0.05) is 98.1 Å². The smallest absolute Gasteiger partial charge is 0.381 e. The molecular weight excluding hydrogens is 1330 g/mol. The number of likely N-dealkylation sites (N-methyl/N-ethyl adjacent to an activating group) is 7. The lowest BCUT2D eigenvalue weighted by atomic mass is 9.74. The number of carbonyl (C=O) groups is 12. The van der Waals surface area contributed by atoms with Gasteiger partial charge >= 0.3 is 6.18 Å². The molecular formula is C75H121F3N12O13. The first-order valence-corrected chi connectivity index (χ1v) is 38.2. The van der Waals surface area contributed by atoms with Gasteiger partial charge in [0.2, 0.25) is 70.9 Å². The number of fused-ring (bicyclic) bond motifs is 3. The van der Waals surface area contributed by atoms with E-state index in [1.807, 2.05) is 26.8 Å². The second-order valence-corrected chi connectivity index (χ2v) is 31.5. The van der Waals surface area contributed by atoms with Gasteiger partial charge in [-0.05, 0) is 139 Å². The number of halogens is 3. The van der Waals surface area contributed by atoms with Crippen molar-refractivity contribution in [3.8, 4) is 0 Å². The molecule has 12 amide bonds. The fourth-order valence-electron chi connectivity index (χ4n) is 16.9. The van der Waals surface area contributed by atoms with E-state index in [2.05, 4.69) is 22.9 Å². The van der Waals surface area contributed by atoms with Crippen molar-refractivity contribution in [1.29, 1.82) is 0 Å². The zero-order valence-electron chi connectivity index (χ0n) is 63.9. The van der Waals surface area contributed by atoms with Gasteiger partial charge in [0, 0.05) is 76.1 Å². The first-order valence-electron chi connectivity index (χ1n) is 38.2. The van der Waals surface area contributed by atoms with E-state index in [0.29, 0.717) is 44.4 Å². The van der Waals surface area contributed by atoms with Crippen LogP contribution in [0.25, 0.3) is 0 Å². The fourth-order valence-corrected chi connectivity index (χ4v) is 16.9. The van der Waals surface area contributed by atoms with Gasteiger partial charge in [0.05, 0.1) is 31.5 Å². The Morgan fingerprint density at radius 3 is 1.91 bits per heavy atom. The number of nitrogens with one attached hydrogen (secondary N) is 3. The minimum Gasteiger partial charge on any atom is -0.381 e. The quantitative estimate of drug-likeness (QED) is 0.181. The number of hydrogen-bond acceptors (Lipinski definition) is 13. The number of carbonyl (C=O) groups excluding carboxylic acids is 12. The van der Waals surface area contributed by atoms with Gasteiger partial charge in [0.1, 0.15) is 53.9 Å². The number of methoxy groups -OCH3 is 1. The molecule has 580 valence electrons. The summed E-state index contributed by atoms with van der Waals surface area (Å²) in [6.07, 6.45) is 6.15. The summed E-state index contributed by atoms with van der Waals surface area (Å²) in [5.41, 5.74) is -1.54. The third-order valence-corrected chi connectivity index (χ3v) is 24.2. The van der Waals surface area contributed by atoms with Crippen molar-refractivity contribution in [1.82, 2.24) is 60.0 Å². The Bertz CT molecular complexity index is 3050. The Morgan fingerprint density at radius 1 is 0.660 bits per heavy atom. The summed E-state index contributed by atoms with van der Waals surface area (Å²) in [4.78, 5) is 193. The molecule has 7 aliphatic rings. The van der Waals surface area contributed by atoms with Crippen LogP contribution in [-0.2, 0) is 62.3 Å². The molecule has 0 radical (unpaired) electrons. The molecule has 3 unspecified atom stereocenters. The second-order valence-electron chi connectivity index (χ2n) is 31.5. The molecule has 25 nitrogen and oxygen atoms in total. The van der Waals surface area contributed by atoms with Crippen molar-refractivity contribution in [3.63, 3.8) is 0 Å². The Balaban J connectivity index is 1.30. The average molecular weight is 1460 g/mol. The highest BCUT2D eigenvalue weighted by Gasteiger charge is 2.54. The predicted molar refractivity (Wildman–Crippen MR) is 380 cm³/mol. The van der Waals surface area contributed by atoms with Crippen molar-refractivity contribution in [2.45, 2.75) is 262 Å². The molecule has 0 aromatic rings. The molecule has 28 heteroatoms. The summed E-state index contributed by atoms with van der Waals surface area (Å²) in [5.74, 6) is -10.2. The van der Waals surface area contributed by atoms with Crippen molar-refractivity contribution in [2.75, 3.05) is 89.2 Å². The fraction of sp³-hybridized carbons (Fsp3) is 0.813. The van der Waals surface area contributed by atoms with E-state index in [1.54, 1.807) is 27.0 Å². The van der Waals surface area contributed by atoms with Gasteiger partial charge in [-0.3, -0.25) is 57.5 Å². The normalized spacial score (nSPS) is 32.0. The molecule has 4 saturated carbocycles. The number of amides is 12. The van der Waals surface area contributed by atoms with E-state index < -0.39 is 174 Å². The maximum Gasteiger partial charge on any atom is 0.394 e. The molecule has 2 saturated heterocycles. The maximum absolute atomic E-state index is 15.5. The van der Waals surface area contributed by atoms with Crippen LogP contribution in [0.5, 0.6) is 0 Å². The number of ether oxygens (including phenoxy) is 1. The predicted octanol–water partition coefficient (Wildman–Crippen LogP) is 5.91. The van der Waals surface area contributed by atoms with Gasteiger partial charge in [0.25, 0.3) is 0 Å². The number of hydrogen-bond donors (Lipinski definition) is 3. The second kappa shape index (κ2) is 36.9. The van der Waals surface area contributed by atoms with E-state index >= 15 is 28.8 Å². The van der Waals surface area contributed by atoms with Crippen LogP contribution in [0.4, 0.5) is 13.2 Å². The molecule has 13 atom stereocenters. The van der Waals surface area contributed by atoms with Gasteiger partial charge in [-0.2, -0.15) is 13.2 Å². The van der Waals surface area contributed by atoms with E-state index in [1.165, 1.54) is 93.5 Å². The SMILES string of the molecule is CCC[C@H]1C(=O)N[C@@H]([C@@H](C)CC)C(=O)N(C)CC(=O)N(C)[C@H]2C/C=C\CCN(C2=O)[C@@H](CC2CCC(C)CC2)C(=O)N(C)CC(=O)N[C@@H](CCC2CCC(C(F)(F)F)C(OC)C2)C(=O)N2C[C@@H](C)C[C@H]2C(=O)NC2(CCC2)C(=O)N(C)[C@@H](C2CCCC2)C(=O)N(C)[C@H](C(=O)N(C)CC)CC(=O)N1C. The molecule has 3 N–H and O–H groups in total. The van der Waals surface area contributed by atoms with Crippen LogP contribution in [-0.4, -0.2) is 270 Å². The van der Waals surface area contributed by atoms with Crippen molar-refractivity contribution in [3.05, 3.63) is 12.2 Å². The standard InChI is InChI=1S/C75H121F3N12O13/c1-15-24-54-65(94)80-63(48(6)16-2)71(100)84(9)45-62(93)86(11)55-27-19-18-22-38-89(70(55)99)58(40-49-30-28-46(4)29-31-49)69(98)83(8)44-60(91)79-53(35-33-50-32-34-52(75(76,77)78)59(41-50)103-14)67(96)90-43-47(5)39-56(90)66(95)81-74(36-23-37-74)73(102)88(13)64(51-25-20-21-26-51)72(101)87(12)57(42-61(92)85(54)10)68(97)82(7)17-3/h18-19,46-59,63-64H,15-17,20-45H2,1-14H3,(H,79,91)(H,80,94)(H,81,95)/b19-18-/t46?,47-,48-,49?,50?,52?,53-,54-,55-,56-,57-,58-,59?,63-,64-/m0/s1. The minimum absolute atomic E-state index is 0.00887. The third-order valence-electron chi connectivity index (χ3n) is 24.2. The van der Waals surface area contributed by atoms with Crippen LogP contribution >= 0.6 is 0 Å². The first-order chi connectivity index (χ1) is 48.6. The highest BCUT2D eigenvalue weighted by Crippen LogP contribution is 2.44. The topological polar surface area (TPSA) is 279 Å². The lowest BCUT2D eigenvalue weighted by molar-refractivity contribution is -0.215. The molecule has 6 fully saturated rings. The van der Waals surface area contributed by atoms with Crippen molar-refractivity contribution in [2.24, 2.45) is 41.4 Å². The maximum atomic E-state index is 15.5. The highest BCUT2D eigenvalue weighted by atomic mass is 19.4. The molecule has 4 aliphatic carbocycles. The van der Waals surface area contributed by atoms with Crippen LogP contribution in [0, 0.1) is 41.4 Å². The Hall–Kier alpha value is -6.87. The first kappa shape index (κ1) is 83.4. The lowest BCUT2D eigenvalue weighted by Gasteiger charge is -2.46. The molecule has 3 heterocycles. The molecule has 2 bridgehead atoms. The summed E-state index contributed by atoms with van der Waals surface area (Å²) < 4.78 is 48.2. The molecule has 0 aromatic heterocycles. The summed E-state index contributed by atoms with van der Waals surface area (Å²) in [6, 6.07) is -9.76. The van der Waals surface area contributed by atoms with E-state index in [9.17, 15) is 41.9 Å². The monoisotopic (exact) mass is 1450 g/mol. The summed E-state index contributed by atoms with van der Waals surface area (Å²) >= 11 is 0. The molecule has 1 spiro atoms. The summed E-state index contributed by atoms with van der Waals surface area (Å²) in [5, 5.41) is 8.86. The molecule has 7 rings (SSSR count). The number of rotatable bonds is 13. The zero-order chi connectivity index (χ0) is 76.1.